The summed E-state index contributed by atoms with van der Waals surface area (Å²) in [5, 5.41) is 3.16. The molecule has 0 saturated heterocycles. The van der Waals surface area contributed by atoms with Crippen molar-refractivity contribution < 1.29 is 9.53 Å². The van der Waals surface area contributed by atoms with E-state index < -0.39 is 0 Å². The molecule has 1 aromatic rings. The number of nitrogens with one attached hydrogen (secondary N) is 1. The van der Waals surface area contributed by atoms with Crippen molar-refractivity contribution in [3.8, 4) is 0 Å². The van der Waals surface area contributed by atoms with Crippen LogP contribution in [0.5, 0.6) is 0 Å². The predicted molar refractivity (Wildman–Crippen MR) is 66.7 cm³/mol. The third-order valence-corrected chi connectivity index (χ3v) is 3.17. The average Bonchev–Trinajstić information content (AvgIpc) is 3.19. The van der Waals surface area contributed by atoms with Crippen LogP contribution in [0.25, 0.3) is 0 Å². The van der Waals surface area contributed by atoms with E-state index in [-0.39, 0.29) is 12.0 Å². The first-order chi connectivity index (χ1) is 8.20. The molecule has 17 heavy (non-hydrogen) atoms. The summed E-state index contributed by atoms with van der Waals surface area (Å²) in [7, 11) is 1.41. The molecule has 0 aliphatic heterocycles. The van der Waals surface area contributed by atoms with E-state index in [1.54, 1.807) is 0 Å². The van der Waals surface area contributed by atoms with Gasteiger partial charge in [0, 0.05) is 6.54 Å². The first-order valence-corrected chi connectivity index (χ1v) is 6.10. The molecule has 0 aromatic heterocycles. The number of methoxy groups -OCH3 is 1. The molecule has 0 unspecified atom stereocenters. The van der Waals surface area contributed by atoms with Gasteiger partial charge in [0.25, 0.3) is 0 Å². The van der Waals surface area contributed by atoms with E-state index in [9.17, 15) is 4.79 Å². The van der Waals surface area contributed by atoms with Gasteiger partial charge in [-0.05, 0) is 36.8 Å². The van der Waals surface area contributed by atoms with Gasteiger partial charge in [-0.1, -0.05) is 24.3 Å². The molecule has 92 valence electrons. The van der Waals surface area contributed by atoms with Gasteiger partial charge in [-0.25, -0.2) is 0 Å². The molecule has 1 saturated carbocycles. The maximum Gasteiger partial charge on any atom is 0.322 e. The van der Waals surface area contributed by atoms with Gasteiger partial charge in [-0.15, -0.1) is 0 Å². The number of hydrogen-bond acceptors (Lipinski definition) is 3. The van der Waals surface area contributed by atoms with E-state index in [1.807, 2.05) is 6.92 Å². The Morgan fingerprint density at radius 1 is 1.53 bits per heavy atom. The maximum atomic E-state index is 11.2. The second kappa shape index (κ2) is 5.32. The Morgan fingerprint density at radius 2 is 2.29 bits per heavy atom. The Morgan fingerprint density at radius 3 is 2.94 bits per heavy atom. The van der Waals surface area contributed by atoms with Gasteiger partial charge < -0.3 is 10.1 Å². The Bertz CT molecular complexity index is 399. The van der Waals surface area contributed by atoms with E-state index in [1.165, 1.54) is 31.1 Å². The fourth-order valence-electron chi connectivity index (χ4n) is 1.90. The standard InChI is InChI=1S/C14H19NO2/c1-10(14(16)17-2)15-9-11-4-3-5-13(8-11)12-6-7-12/h3-5,8,10,12,15H,6-7,9H2,1-2H3/t10-/m0/s1. The summed E-state index contributed by atoms with van der Waals surface area (Å²) in [6, 6.07) is 8.33. The van der Waals surface area contributed by atoms with E-state index in [4.69, 9.17) is 0 Å². The van der Waals surface area contributed by atoms with Crippen molar-refractivity contribution in [1.29, 1.82) is 0 Å². The summed E-state index contributed by atoms with van der Waals surface area (Å²) in [5.41, 5.74) is 2.65. The van der Waals surface area contributed by atoms with Crippen molar-refractivity contribution >= 4 is 5.97 Å². The van der Waals surface area contributed by atoms with Gasteiger partial charge in [0.2, 0.25) is 0 Å². The average molecular weight is 233 g/mol. The molecule has 3 nitrogen and oxygen atoms in total. The molecule has 1 aromatic carbocycles. The molecule has 1 N–H and O–H groups in total. The second-order valence-corrected chi connectivity index (χ2v) is 4.65. The molecule has 3 heteroatoms. The number of hydrogen-bond donors (Lipinski definition) is 1. The third kappa shape index (κ3) is 3.30. The lowest BCUT2D eigenvalue weighted by atomic mass is 10.1. The van der Waals surface area contributed by atoms with Crippen LogP contribution >= 0.6 is 0 Å². The lowest BCUT2D eigenvalue weighted by Crippen LogP contribution is -2.34. The van der Waals surface area contributed by atoms with Crippen LogP contribution in [0, 0.1) is 0 Å². The van der Waals surface area contributed by atoms with Crippen molar-refractivity contribution in [2.45, 2.75) is 38.3 Å². The third-order valence-electron chi connectivity index (χ3n) is 3.17. The minimum atomic E-state index is -0.260. The van der Waals surface area contributed by atoms with Gasteiger partial charge in [0.15, 0.2) is 0 Å². The molecule has 1 fully saturated rings. The van der Waals surface area contributed by atoms with Crippen LogP contribution in [0.3, 0.4) is 0 Å². The van der Waals surface area contributed by atoms with Gasteiger partial charge >= 0.3 is 5.97 Å². The highest BCUT2D eigenvalue weighted by Crippen LogP contribution is 2.40. The van der Waals surface area contributed by atoms with Crippen molar-refractivity contribution in [2.75, 3.05) is 7.11 Å². The SMILES string of the molecule is COC(=O)[C@H](C)NCc1cccc(C2CC2)c1. The fraction of sp³-hybridized carbons (Fsp3) is 0.500. The minimum absolute atomic E-state index is 0.219. The van der Waals surface area contributed by atoms with Crippen LogP contribution in [-0.4, -0.2) is 19.1 Å². The van der Waals surface area contributed by atoms with E-state index in [2.05, 4.69) is 34.3 Å². The van der Waals surface area contributed by atoms with Crippen molar-refractivity contribution in [2.24, 2.45) is 0 Å². The molecule has 1 aliphatic rings. The molecular weight excluding hydrogens is 214 g/mol. The number of rotatable bonds is 5. The van der Waals surface area contributed by atoms with Crippen molar-refractivity contribution in [3.63, 3.8) is 0 Å². The number of ether oxygens (including phenoxy) is 1. The lowest BCUT2D eigenvalue weighted by Gasteiger charge is -2.12. The van der Waals surface area contributed by atoms with Gasteiger partial charge in [0.1, 0.15) is 6.04 Å². The number of benzene rings is 1. The monoisotopic (exact) mass is 233 g/mol. The van der Waals surface area contributed by atoms with E-state index in [0.29, 0.717) is 6.54 Å². The zero-order chi connectivity index (χ0) is 12.3. The largest absolute Gasteiger partial charge is 0.468 e. The Hall–Kier alpha value is -1.35. The number of carbonyl (C=O) groups excluding carboxylic acids is 1. The summed E-state index contributed by atoms with van der Waals surface area (Å²) in [6.07, 6.45) is 2.63. The first-order valence-electron chi connectivity index (χ1n) is 6.10. The molecule has 1 atom stereocenters. The van der Waals surface area contributed by atoms with Gasteiger partial charge in [0.05, 0.1) is 7.11 Å². The van der Waals surface area contributed by atoms with Crippen LogP contribution in [0.4, 0.5) is 0 Å². The summed E-state index contributed by atoms with van der Waals surface area (Å²) in [4.78, 5) is 11.2. The summed E-state index contributed by atoms with van der Waals surface area (Å²) in [5.74, 6) is 0.552. The second-order valence-electron chi connectivity index (χ2n) is 4.65. The van der Waals surface area contributed by atoms with Crippen LogP contribution in [0.15, 0.2) is 24.3 Å². The zero-order valence-electron chi connectivity index (χ0n) is 10.4. The normalized spacial score (nSPS) is 16.6. The van der Waals surface area contributed by atoms with Crippen LogP contribution in [-0.2, 0) is 16.1 Å². The fourth-order valence-corrected chi connectivity index (χ4v) is 1.90. The zero-order valence-corrected chi connectivity index (χ0v) is 10.4. The van der Waals surface area contributed by atoms with Gasteiger partial charge in [-0.2, -0.15) is 0 Å². The summed E-state index contributed by atoms with van der Waals surface area (Å²) >= 11 is 0. The lowest BCUT2D eigenvalue weighted by molar-refractivity contribution is -0.142. The van der Waals surface area contributed by atoms with Crippen molar-refractivity contribution in [1.82, 2.24) is 5.32 Å². The highest BCUT2D eigenvalue weighted by Gasteiger charge is 2.23. The topological polar surface area (TPSA) is 38.3 Å². The molecular formula is C14H19NO2. The summed E-state index contributed by atoms with van der Waals surface area (Å²) in [6.45, 7) is 2.52. The number of carbonyl (C=O) groups is 1. The highest BCUT2D eigenvalue weighted by atomic mass is 16.5. The molecule has 0 bridgehead atoms. The molecule has 1 aliphatic carbocycles. The smallest absolute Gasteiger partial charge is 0.322 e. The molecule has 0 heterocycles. The molecule has 0 radical (unpaired) electrons. The predicted octanol–water partition coefficient (Wildman–Crippen LogP) is 2.22. The maximum absolute atomic E-state index is 11.2. The van der Waals surface area contributed by atoms with Gasteiger partial charge in [-0.3, -0.25) is 4.79 Å². The molecule has 0 amide bonds. The van der Waals surface area contributed by atoms with Crippen molar-refractivity contribution in [3.05, 3.63) is 35.4 Å². The minimum Gasteiger partial charge on any atom is -0.468 e. The molecule has 0 spiro atoms. The molecule has 2 rings (SSSR count). The summed E-state index contributed by atoms with van der Waals surface area (Å²) < 4.78 is 4.67. The Balaban J connectivity index is 1.90. The number of esters is 1. The Labute approximate surface area is 102 Å². The van der Waals surface area contributed by atoms with Crippen LogP contribution in [0.2, 0.25) is 0 Å². The van der Waals surface area contributed by atoms with E-state index >= 15 is 0 Å². The van der Waals surface area contributed by atoms with Crippen LogP contribution < -0.4 is 5.32 Å². The first kappa shape index (κ1) is 12.1. The van der Waals surface area contributed by atoms with E-state index in [0.717, 1.165) is 5.92 Å². The van der Waals surface area contributed by atoms with Crippen LogP contribution in [0.1, 0.15) is 36.8 Å². The quantitative estimate of drug-likeness (QED) is 0.792. The highest BCUT2D eigenvalue weighted by molar-refractivity contribution is 5.75. The Kier molecular flexibility index (Phi) is 3.79.